The highest BCUT2D eigenvalue weighted by atomic mass is 16.5. The average molecular weight is 324 g/mol. The fourth-order valence-corrected chi connectivity index (χ4v) is 2.90. The maximum Gasteiger partial charge on any atom is 0.320 e. The summed E-state index contributed by atoms with van der Waals surface area (Å²) in [5.74, 6) is 0.893. The van der Waals surface area contributed by atoms with Crippen molar-refractivity contribution in [1.82, 2.24) is 24.8 Å². The van der Waals surface area contributed by atoms with E-state index in [0.29, 0.717) is 18.3 Å². The predicted molar refractivity (Wildman–Crippen MR) is 92.2 cm³/mol. The molecule has 0 aliphatic carbocycles. The third-order valence-corrected chi connectivity index (χ3v) is 4.16. The number of hydrogen-bond donors (Lipinski definition) is 1. The quantitative estimate of drug-likeness (QED) is 0.781. The lowest BCUT2D eigenvalue weighted by Gasteiger charge is -2.29. The van der Waals surface area contributed by atoms with Crippen LogP contribution in [-0.4, -0.2) is 45.7 Å². The molecule has 124 valence electrons. The van der Waals surface area contributed by atoms with Gasteiger partial charge >= 0.3 is 6.01 Å². The summed E-state index contributed by atoms with van der Waals surface area (Å²) in [6, 6.07) is 10.4. The fourth-order valence-electron chi connectivity index (χ4n) is 2.90. The van der Waals surface area contributed by atoms with Crippen molar-refractivity contribution < 1.29 is 4.74 Å². The summed E-state index contributed by atoms with van der Waals surface area (Å²) in [6.45, 7) is 4.16. The van der Waals surface area contributed by atoms with Crippen LogP contribution < -0.4 is 15.0 Å². The van der Waals surface area contributed by atoms with Crippen LogP contribution in [0.1, 0.15) is 5.56 Å². The highest BCUT2D eigenvalue weighted by Gasteiger charge is 2.20. The molecule has 3 heterocycles. The minimum Gasteiger partial charge on any atom is -0.458 e. The SMILES string of the molecule is Cn1cnc2nc(OCc3ccccc3)nc(N3CCNCC3)c21. The van der Waals surface area contributed by atoms with E-state index in [1.807, 2.05) is 41.9 Å². The van der Waals surface area contributed by atoms with Crippen LogP contribution in [-0.2, 0) is 13.7 Å². The topological polar surface area (TPSA) is 68.1 Å². The molecule has 1 N–H and O–H groups in total. The average Bonchev–Trinajstić information content (AvgIpc) is 3.02. The molecule has 1 fully saturated rings. The standard InChI is InChI=1S/C17H20N6O/c1-22-12-19-15-14(22)16(23-9-7-18-8-10-23)21-17(20-15)24-11-13-5-3-2-4-6-13/h2-6,12,18H,7-11H2,1H3. The highest BCUT2D eigenvalue weighted by Crippen LogP contribution is 2.25. The minimum absolute atomic E-state index is 0.374. The summed E-state index contributed by atoms with van der Waals surface area (Å²) in [5.41, 5.74) is 2.71. The zero-order valence-electron chi connectivity index (χ0n) is 13.6. The maximum atomic E-state index is 5.83. The van der Waals surface area contributed by atoms with Crippen molar-refractivity contribution in [3.63, 3.8) is 0 Å². The number of fused-ring (bicyclic) bond motifs is 1. The molecule has 7 heteroatoms. The zero-order valence-corrected chi connectivity index (χ0v) is 13.6. The fraction of sp³-hybridized carbons (Fsp3) is 0.353. The summed E-state index contributed by atoms with van der Waals surface area (Å²) in [5, 5.41) is 3.36. The van der Waals surface area contributed by atoms with Gasteiger partial charge in [0.2, 0.25) is 0 Å². The van der Waals surface area contributed by atoms with Crippen molar-refractivity contribution in [3.8, 4) is 6.01 Å². The summed E-state index contributed by atoms with van der Waals surface area (Å²) in [7, 11) is 1.97. The predicted octanol–water partition coefficient (Wildman–Crippen LogP) is 1.35. The third kappa shape index (κ3) is 2.90. The lowest BCUT2D eigenvalue weighted by atomic mass is 10.2. The third-order valence-electron chi connectivity index (χ3n) is 4.16. The molecule has 0 atom stereocenters. The van der Waals surface area contributed by atoms with Gasteiger partial charge in [0.15, 0.2) is 11.5 Å². The van der Waals surface area contributed by atoms with Gasteiger partial charge in [0.05, 0.1) is 6.33 Å². The van der Waals surface area contributed by atoms with E-state index in [2.05, 4.69) is 25.2 Å². The summed E-state index contributed by atoms with van der Waals surface area (Å²) in [4.78, 5) is 15.8. The van der Waals surface area contributed by atoms with Crippen LogP contribution in [0.4, 0.5) is 5.82 Å². The Morgan fingerprint density at radius 3 is 2.71 bits per heavy atom. The number of piperazine rings is 1. The Bertz CT molecular complexity index is 826. The van der Waals surface area contributed by atoms with Gasteiger partial charge in [-0.1, -0.05) is 30.3 Å². The van der Waals surface area contributed by atoms with Gasteiger partial charge in [-0.05, 0) is 5.56 Å². The Morgan fingerprint density at radius 1 is 1.12 bits per heavy atom. The number of aromatic nitrogens is 4. The van der Waals surface area contributed by atoms with Crippen LogP contribution >= 0.6 is 0 Å². The summed E-state index contributed by atoms with van der Waals surface area (Å²) >= 11 is 0. The van der Waals surface area contributed by atoms with Crippen molar-refractivity contribution in [1.29, 1.82) is 0 Å². The highest BCUT2D eigenvalue weighted by molar-refractivity contribution is 5.84. The van der Waals surface area contributed by atoms with Crippen LogP contribution in [0.25, 0.3) is 11.2 Å². The minimum atomic E-state index is 0.374. The van der Waals surface area contributed by atoms with Crippen molar-refractivity contribution in [2.45, 2.75) is 6.61 Å². The smallest absolute Gasteiger partial charge is 0.320 e. The van der Waals surface area contributed by atoms with E-state index in [9.17, 15) is 0 Å². The largest absolute Gasteiger partial charge is 0.458 e. The maximum absolute atomic E-state index is 5.83. The normalized spacial score (nSPS) is 15.0. The van der Waals surface area contributed by atoms with E-state index in [-0.39, 0.29) is 0 Å². The second-order valence-electron chi connectivity index (χ2n) is 5.87. The van der Waals surface area contributed by atoms with Gasteiger partial charge in [0.25, 0.3) is 0 Å². The molecule has 0 bridgehead atoms. The number of benzene rings is 1. The number of aryl methyl sites for hydroxylation is 1. The molecule has 7 nitrogen and oxygen atoms in total. The molecule has 0 radical (unpaired) electrons. The second-order valence-corrected chi connectivity index (χ2v) is 5.87. The van der Waals surface area contributed by atoms with Gasteiger partial charge in [-0.25, -0.2) is 4.98 Å². The van der Waals surface area contributed by atoms with Gasteiger partial charge in [0, 0.05) is 33.2 Å². The molecule has 0 unspecified atom stereocenters. The molecular weight excluding hydrogens is 304 g/mol. The van der Waals surface area contributed by atoms with Crippen LogP contribution in [0.5, 0.6) is 6.01 Å². The van der Waals surface area contributed by atoms with E-state index in [1.54, 1.807) is 6.33 Å². The molecule has 1 aliphatic heterocycles. The number of hydrogen-bond acceptors (Lipinski definition) is 6. The number of nitrogens with one attached hydrogen (secondary N) is 1. The number of anilines is 1. The van der Waals surface area contributed by atoms with Gasteiger partial charge in [0.1, 0.15) is 12.1 Å². The van der Waals surface area contributed by atoms with Crippen LogP contribution in [0.15, 0.2) is 36.7 Å². The first kappa shape index (κ1) is 14.9. The van der Waals surface area contributed by atoms with Crippen molar-refractivity contribution in [2.24, 2.45) is 7.05 Å². The molecule has 4 rings (SSSR count). The van der Waals surface area contributed by atoms with Crippen molar-refractivity contribution in [2.75, 3.05) is 31.1 Å². The number of imidazole rings is 1. The molecule has 0 amide bonds. The molecule has 24 heavy (non-hydrogen) atoms. The van der Waals surface area contributed by atoms with Crippen molar-refractivity contribution in [3.05, 3.63) is 42.2 Å². The first-order valence-electron chi connectivity index (χ1n) is 8.13. The molecule has 2 aromatic heterocycles. The Balaban J connectivity index is 1.66. The van der Waals surface area contributed by atoms with Gasteiger partial charge in [-0.3, -0.25) is 0 Å². The van der Waals surface area contributed by atoms with Gasteiger partial charge in [-0.2, -0.15) is 9.97 Å². The molecular formula is C17H20N6O. The molecule has 1 aliphatic rings. The van der Waals surface area contributed by atoms with Crippen LogP contribution in [0, 0.1) is 0 Å². The van der Waals surface area contributed by atoms with Crippen molar-refractivity contribution >= 4 is 17.0 Å². The number of rotatable bonds is 4. The Kier molecular flexibility index (Phi) is 4.00. The zero-order chi connectivity index (χ0) is 16.4. The number of nitrogens with zero attached hydrogens (tertiary/aromatic N) is 5. The van der Waals surface area contributed by atoms with E-state index >= 15 is 0 Å². The molecule has 1 saturated heterocycles. The first-order valence-corrected chi connectivity index (χ1v) is 8.13. The van der Waals surface area contributed by atoms with E-state index in [1.165, 1.54) is 0 Å². The summed E-state index contributed by atoms with van der Waals surface area (Å²) < 4.78 is 7.79. The van der Waals surface area contributed by atoms with Gasteiger partial charge in [-0.15, -0.1) is 0 Å². The molecule has 1 aromatic carbocycles. The number of ether oxygens (including phenoxy) is 1. The Morgan fingerprint density at radius 2 is 1.92 bits per heavy atom. The monoisotopic (exact) mass is 324 g/mol. The van der Waals surface area contributed by atoms with Crippen LogP contribution in [0.2, 0.25) is 0 Å². The first-order chi connectivity index (χ1) is 11.8. The van der Waals surface area contributed by atoms with E-state index in [4.69, 9.17) is 4.74 Å². The molecule has 0 saturated carbocycles. The lowest BCUT2D eigenvalue weighted by Crippen LogP contribution is -2.44. The lowest BCUT2D eigenvalue weighted by molar-refractivity contribution is 0.282. The Hall–Kier alpha value is -2.67. The molecule has 0 spiro atoms. The molecule has 3 aromatic rings. The summed E-state index contributed by atoms with van der Waals surface area (Å²) in [6.07, 6.45) is 1.77. The van der Waals surface area contributed by atoms with E-state index in [0.717, 1.165) is 43.1 Å². The second kappa shape index (κ2) is 6.45. The van der Waals surface area contributed by atoms with Crippen LogP contribution in [0.3, 0.4) is 0 Å². The van der Waals surface area contributed by atoms with E-state index < -0.39 is 0 Å². The Labute approximate surface area is 140 Å². The van der Waals surface area contributed by atoms with Gasteiger partial charge < -0.3 is 19.5 Å².